The SMILES string of the molecule is Cc1nc(Sc2cccc(F)c2[C@H](C)O)n[nH]1. The number of hydrogen-bond donors (Lipinski definition) is 2. The molecule has 0 unspecified atom stereocenters. The Kier molecular flexibility index (Phi) is 3.44. The van der Waals surface area contributed by atoms with Crippen LogP contribution in [0.25, 0.3) is 0 Å². The third-order valence-electron chi connectivity index (χ3n) is 2.21. The quantitative estimate of drug-likeness (QED) is 0.882. The highest BCUT2D eigenvalue weighted by atomic mass is 32.2. The van der Waals surface area contributed by atoms with Gasteiger partial charge in [0.05, 0.1) is 6.10 Å². The summed E-state index contributed by atoms with van der Waals surface area (Å²) in [7, 11) is 0. The number of aliphatic hydroxyl groups excluding tert-OH is 1. The van der Waals surface area contributed by atoms with Crippen LogP contribution >= 0.6 is 11.8 Å². The molecule has 6 heteroatoms. The van der Waals surface area contributed by atoms with Crippen molar-refractivity contribution < 1.29 is 9.50 Å². The third-order valence-corrected chi connectivity index (χ3v) is 3.15. The van der Waals surface area contributed by atoms with E-state index in [-0.39, 0.29) is 5.56 Å². The normalized spacial score (nSPS) is 12.7. The average Bonchev–Trinajstić information content (AvgIpc) is 2.63. The highest BCUT2D eigenvalue weighted by Crippen LogP contribution is 2.32. The fourth-order valence-electron chi connectivity index (χ4n) is 1.48. The molecule has 0 aliphatic heterocycles. The predicted octanol–water partition coefficient (Wildman–Crippen LogP) is 2.46. The summed E-state index contributed by atoms with van der Waals surface area (Å²) >= 11 is 1.22. The molecule has 0 bridgehead atoms. The van der Waals surface area contributed by atoms with Crippen molar-refractivity contribution in [3.8, 4) is 0 Å². The van der Waals surface area contributed by atoms with Gasteiger partial charge >= 0.3 is 0 Å². The van der Waals surface area contributed by atoms with Crippen LogP contribution < -0.4 is 0 Å². The summed E-state index contributed by atoms with van der Waals surface area (Å²) in [4.78, 5) is 4.75. The van der Waals surface area contributed by atoms with Crippen LogP contribution in [-0.2, 0) is 0 Å². The van der Waals surface area contributed by atoms with Crippen molar-refractivity contribution in [3.63, 3.8) is 0 Å². The fourth-order valence-corrected chi connectivity index (χ4v) is 2.47. The number of nitrogens with one attached hydrogen (secondary N) is 1. The van der Waals surface area contributed by atoms with Gasteiger partial charge in [0.2, 0.25) is 5.16 Å². The molecule has 2 rings (SSSR count). The van der Waals surface area contributed by atoms with Crippen molar-refractivity contribution in [2.75, 3.05) is 0 Å². The number of aromatic amines is 1. The molecule has 0 aliphatic rings. The monoisotopic (exact) mass is 253 g/mol. The third kappa shape index (κ3) is 2.65. The molecule has 1 aromatic heterocycles. The molecule has 1 heterocycles. The Labute approximate surface area is 102 Å². The summed E-state index contributed by atoms with van der Waals surface area (Å²) in [6, 6.07) is 4.67. The molecular formula is C11H12FN3OS. The summed E-state index contributed by atoms with van der Waals surface area (Å²) in [6.45, 7) is 3.32. The zero-order valence-corrected chi connectivity index (χ0v) is 10.3. The summed E-state index contributed by atoms with van der Waals surface area (Å²) in [5, 5.41) is 16.8. The lowest BCUT2D eigenvalue weighted by Crippen LogP contribution is -1.98. The van der Waals surface area contributed by atoms with Crippen molar-refractivity contribution in [1.82, 2.24) is 15.2 Å². The molecule has 2 N–H and O–H groups in total. The number of aryl methyl sites for hydroxylation is 1. The molecule has 0 amide bonds. The van der Waals surface area contributed by atoms with Crippen LogP contribution in [0, 0.1) is 12.7 Å². The highest BCUT2D eigenvalue weighted by Gasteiger charge is 2.15. The van der Waals surface area contributed by atoms with Crippen molar-refractivity contribution in [2.24, 2.45) is 0 Å². The first-order valence-electron chi connectivity index (χ1n) is 5.11. The van der Waals surface area contributed by atoms with Gasteiger partial charge < -0.3 is 5.11 Å². The van der Waals surface area contributed by atoms with Crippen molar-refractivity contribution in [3.05, 3.63) is 35.4 Å². The fraction of sp³-hybridized carbons (Fsp3) is 0.273. The van der Waals surface area contributed by atoms with Gasteiger partial charge in [-0.1, -0.05) is 6.07 Å². The van der Waals surface area contributed by atoms with E-state index in [2.05, 4.69) is 15.2 Å². The number of nitrogens with zero attached hydrogens (tertiary/aromatic N) is 2. The molecule has 4 nitrogen and oxygen atoms in total. The predicted molar refractivity (Wildman–Crippen MR) is 62.3 cm³/mol. The first kappa shape index (κ1) is 12.1. The standard InChI is InChI=1S/C11H12FN3OS/c1-6(16)10-8(12)4-3-5-9(10)17-11-13-7(2)14-15-11/h3-6,16H,1-2H3,(H,13,14,15)/t6-/m0/s1. The van der Waals surface area contributed by atoms with Gasteiger partial charge in [-0.05, 0) is 37.7 Å². The van der Waals surface area contributed by atoms with E-state index in [9.17, 15) is 9.50 Å². The van der Waals surface area contributed by atoms with Gasteiger partial charge in [0.15, 0.2) is 0 Å². The Morgan fingerprint density at radius 1 is 1.47 bits per heavy atom. The highest BCUT2D eigenvalue weighted by molar-refractivity contribution is 7.99. The average molecular weight is 253 g/mol. The van der Waals surface area contributed by atoms with Gasteiger partial charge in [0.1, 0.15) is 11.6 Å². The zero-order chi connectivity index (χ0) is 12.4. The molecule has 90 valence electrons. The number of benzene rings is 1. The molecule has 17 heavy (non-hydrogen) atoms. The Bertz CT molecular complexity index is 527. The number of aliphatic hydroxyl groups is 1. The number of H-pyrrole nitrogens is 1. The number of hydrogen-bond acceptors (Lipinski definition) is 4. The van der Waals surface area contributed by atoms with Crippen LogP contribution in [0.1, 0.15) is 24.4 Å². The second kappa shape index (κ2) is 4.85. The van der Waals surface area contributed by atoms with E-state index < -0.39 is 11.9 Å². The van der Waals surface area contributed by atoms with Crippen molar-refractivity contribution in [1.29, 1.82) is 0 Å². The minimum Gasteiger partial charge on any atom is -0.389 e. The molecule has 1 aromatic carbocycles. The Balaban J connectivity index is 2.35. The second-order valence-electron chi connectivity index (χ2n) is 3.63. The Hall–Kier alpha value is -1.40. The summed E-state index contributed by atoms with van der Waals surface area (Å²) in [5.74, 6) is 0.278. The van der Waals surface area contributed by atoms with E-state index in [1.54, 1.807) is 19.1 Å². The van der Waals surface area contributed by atoms with E-state index in [1.807, 2.05) is 0 Å². The molecule has 0 saturated heterocycles. The number of rotatable bonds is 3. The topological polar surface area (TPSA) is 61.8 Å². The first-order chi connectivity index (χ1) is 8.08. The first-order valence-corrected chi connectivity index (χ1v) is 5.93. The molecule has 0 aliphatic carbocycles. The van der Waals surface area contributed by atoms with Crippen LogP contribution in [0.2, 0.25) is 0 Å². The van der Waals surface area contributed by atoms with E-state index in [1.165, 1.54) is 24.8 Å². The maximum absolute atomic E-state index is 13.6. The number of halogens is 1. The molecular weight excluding hydrogens is 241 g/mol. The van der Waals surface area contributed by atoms with Crippen LogP contribution in [0.5, 0.6) is 0 Å². The van der Waals surface area contributed by atoms with Gasteiger partial charge in [0, 0.05) is 10.5 Å². The van der Waals surface area contributed by atoms with E-state index in [0.717, 1.165) is 0 Å². The summed E-state index contributed by atoms with van der Waals surface area (Å²) < 4.78 is 13.6. The minimum atomic E-state index is -0.862. The largest absolute Gasteiger partial charge is 0.389 e. The lowest BCUT2D eigenvalue weighted by atomic mass is 10.1. The lowest BCUT2D eigenvalue weighted by Gasteiger charge is -2.10. The summed E-state index contributed by atoms with van der Waals surface area (Å²) in [5.41, 5.74) is 0.278. The van der Waals surface area contributed by atoms with Crippen LogP contribution in [0.3, 0.4) is 0 Å². The molecule has 0 spiro atoms. The van der Waals surface area contributed by atoms with Crippen molar-refractivity contribution >= 4 is 11.8 Å². The minimum absolute atomic E-state index is 0.278. The maximum atomic E-state index is 13.6. The van der Waals surface area contributed by atoms with Gasteiger partial charge in [-0.2, -0.15) is 0 Å². The van der Waals surface area contributed by atoms with Gasteiger partial charge in [0.25, 0.3) is 0 Å². The second-order valence-corrected chi connectivity index (χ2v) is 4.64. The van der Waals surface area contributed by atoms with Gasteiger partial charge in [-0.25, -0.2) is 9.37 Å². The Morgan fingerprint density at radius 2 is 2.24 bits per heavy atom. The van der Waals surface area contributed by atoms with Gasteiger partial charge in [-0.15, -0.1) is 5.10 Å². The van der Waals surface area contributed by atoms with Crippen molar-refractivity contribution in [2.45, 2.75) is 30.0 Å². The van der Waals surface area contributed by atoms with E-state index in [0.29, 0.717) is 15.9 Å². The smallest absolute Gasteiger partial charge is 0.213 e. The lowest BCUT2D eigenvalue weighted by molar-refractivity contribution is 0.191. The molecule has 2 aromatic rings. The summed E-state index contributed by atoms with van der Waals surface area (Å²) in [6.07, 6.45) is -0.862. The molecule has 0 saturated carbocycles. The van der Waals surface area contributed by atoms with E-state index >= 15 is 0 Å². The Morgan fingerprint density at radius 3 is 2.82 bits per heavy atom. The van der Waals surface area contributed by atoms with Crippen LogP contribution in [0.4, 0.5) is 4.39 Å². The molecule has 0 fully saturated rings. The number of aromatic nitrogens is 3. The zero-order valence-electron chi connectivity index (χ0n) is 9.44. The van der Waals surface area contributed by atoms with E-state index in [4.69, 9.17) is 0 Å². The van der Waals surface area contributed by atoms with Crippen LogP contribution in [0.15, 0.2) is 28.3 Å². The van der Waals surface area contributed by atoms with Crippen LogP contribution in [-0.4, -0.2) is 20.3 Å². The maximum Gasteiger partial charge on any atom is 0.213 e. The van der Waals surface area contributed by atoms with Gasteiger partial charge in [-0.3, -0.25) is 5.10 Å². The molecule has 1 atom stereocenters. The molecule has 0 radical (unpaired) electrons.